The summed E-state index contributed by atoms with van der Waals surface area (Å²) < 4.78 is 0. The summed E-state index contributed by atoms with van der Waals surface area (Å²) in [6.07, 6.45) is 2.06. The van der Waals surface area contributed by atoms with Crippen LogP contribution in [0.4, 0.5) is 5.69 Å². The molecule has 0 bridgehead atoms. The molecule has 0 aromatic heterocycles. The molecule has 0 fully saturated rings. The SMILES string of the molecule is [Cl-].[Cl-].[N-]=[N+]=CCc1ccc(NCl)cc1.[Zn+2]. The maximum atomic E-state index is 8.16. The average molecular weight is 318 g/mol. The second-order valence-corrected chi connectivity index (χ2v) is 2.48. The van der Waals surface area contributed by atoms with E-state index < -0.39 is 0 Å². The summed E-state index contributed by atoms with van der Waals surface area (Å²) in [4.78, 5) is 5.41. The maximum absolute atomic E-state index is 8.16. The van der Waals surface area contributed by atoms with Crippen molar-refractivity contribution in [3.05, 3.63) is 35.4 Å². The number of halogens is 3. The van der Waals surface area contributed by atoms with Gasteiger partial charge in [0.1, 0.15) is 0 Å². The van der Waals surface area contributed by atoms with E-state index in [-0.39, 0.29) is 44.3 Å². The number of nitrogens with one attached hydrogen (secondary N) is 1. The third-order valence-electron chi connectivity index (χ3n) is 1.47. The molecule has 1 rings (SSSR count). The molecule has 3 nitrogen and oxygen atoms in total. The van der Waals surface area contributed by atoms with Crippen LogP contribution in [0.1, 0.15) is 5.56 Å². The van der Waals surface area contributed by atoms with Crippen LogP contribution in [-0.4, -0.2) is 11.0 Å². The molecular formula is C8H8Cl3N3Zn. The molecule has 0 saturated carbocycles. The third-order valence-corrected chi connectivity index (χ3v) is 1.69. The molecular weight excluding hydrogens is 310 g/mol. The summed E-state index contributed by atoms with van der Waals surface area (Å²) in [5.41, 5.74) is 10.1. The van der Waals surface area contributed by atoms with Gasteiger partial charge in [0, 0.05) is 17.5 Å². The first kappa shape index (κ1) is 20.3. The molecule has 0 amide bonds. The topological polar surface area (TPSA) is 48.4 Å². The van der Waals surface area contributed by atoms with Gasteiger partial charge in [0.15, 0.2) is 0 Å². The molecule has 15 heavy (non-hydrogen) atoms. The van der Waals surface area contributed by atoms with Crippen LogP contribution in [0, 0.1) is 0 Å². The summed E-state index contributed by atoms with van der Waals surface area (Å²) in [7, 11) is 0. The Balaban J connectivity index is -0.000000480. The van der Waals surface area contributed by atoms with Crippen molar-refractivity contribution in [2.45, 2.75) is 6.42 Å². The third kappa shape index (κ3) is 7.78. The van der Waals surface area contributed by atoms with Crippen molar-refractivity contribution in [2.75, 3.05) is 4.84 Å². The summed E-state index contributed by atoms with van der Waals surface area (Å²) in [6.45, 7) is 0. The average Bonchev–Trinajstić information content (AvgIpc) is 2.15. The van der Waals surface area contributed by atoms with Crippen molar-refractivity contribution in [1.29, 1.82) is 0 Å². The number of nitrogens with zero attached hydrogens (tertiary/aromatic N) is 2. The quantitative estimate of drug-likeness (QED) is 0.200. The van der Waals surface area contributed by atoms with E-state index in [2.05, 4.69) is 9.63 Å². The molecule has 1 aromatic carbocycles. The van der Waals surface area contributed by atoms with E-state index in [1.54, 1.807) is 0 Å². The van der Waals surface area contributed by atoms with Gasteiger partial charge in [-0.3, -0.25) is 4.84 Å². The fourth-order valence-corrected chi connectivity index (χ4v) is 0.976. The van der Waals surface area contributed by atoms with Gasteiger partial charge in [-0.25, -0.2) is 0 Å². The van der Waals surface area contributed by atoms with Crippen LogP contribution in [0.15, 0.2) is 24.3 Å². The second-order valence-electron chi connectivity index (χ2n) is 2.29. The van der Waals surface area contributed by atoms with Gasteiger partial charge in [0.2, 0.25) is 0 Å². The smallest absolute Gasteiger partial charge is 1.00 e. The minimum absolute atomic E-state index is 0. The van der Waals surface area contributed by atoms with Crippen molar-refractivity contribution in [3.63, 3.8) is 0 Å². The van der Waals surface area contributed by atoms with E-state index >= 15 is 0 Å². The predicted octanol–water partition coefficient (Wildman–Crippen LogP) is -3.90. The molecule has 0 saturated heterocycles. The van der Waals surface area contributed by atoms with E-state index in [0.29, 0.717) is 6.42 Å². The molecule has 1 aromatic rings. The number of hydrogen-bond donors (Lipinski definition) is 1. The van der Waals surface area contributed by atoms with Crippen molar-refractivity contribution < 1.29 is 49.1 Å². The standard InChI is InChI=1S/C8H8ClN3.2ClH.Zn/c9-12-8-3-1-7(2-4-8)5-6-11-10;;;/h1-4,6,12H,5H2;2*1H;/q;;;+2/p-2. The van der Waals surface area contributed by atoms with Gasteiger partial charge in [-0.05, 0) is 17.7 Å². The van der Waals surface area contributed by atoms with E-state index in [1.807, 2.05) is 24.3 Å². The molecule has 1 N–H and O–H groups in total. The Morgan fingerprint density at radius 1 is 1.27 bits per heavy atom. The molecule has 0 atom stereocenters. The van der Waals surface area contributed by atoms with Gasteiger partial charge in [-0.2, -0.15) is 4.79 Å². The van der Waals surface area contributed by atoms with Gasteiger partial charge in [-0.1, -0.05) is 12.1 Å². The summed E-state index contributed by atoms with van der Waals surface area (Å²) in [5.74, 6) is 0. The van der Waals surface area contributed by atoms with Crippen LogP contribution in [-0.2, 0) is 25.9 Å². The van der Waals surface area contributed by atoms with Crippen LogP contribution in [0.5, 0.6) is 0 Å². The van der Waals surface area contributed by atoms with Crippen LogP contribution < -0.4 is 29.6 Å². The van der Waals surface area contributed by atoms with Crippen molar-refractivity contribution in [3.8, 4) is 0 Å². The number of rotatable bonds is 3. The van der Waals surface area contributed by atoms with Gasteiger partial charge >= 0.3 is 19.5 Å². The number of anilines is 1. The Bertz CT molecular complexity index is 299. The molecule has 0 aliphatic carbocycles. The largest absolute Gasteiger partial charge is 2.00 e. The van der Waals surface area contributed by atoms with Crippen LogP contribution in [0.25, 0.3) is 5.53 Å². The van der Waals surface area contributed by atoms with Gasteiger partial charge in [0.25, 0.3) is 6.21 Å². The Kier molecular flexibility index (Phi) is 16.2. The number of hydrogen-bond acceptors (Lipinski definition) is 1. The van der Waals surface area contributed by atoms with Gasteiger partial charge < -0.3 is 30.3 Å². The van der Waals surface area contributed by atoms with Crippen LogP contribution in [0.2, 0.25) is 0 Å². The minimum Gasteiger partial charge on any atom is -1.00 e. The van der Waals surface area contributed by atoms with Crippen molar-refractivity contribution >= 4 is 23.7 Å². The van der Waals surface area contributed by atoms with Gasteiger partial charge in [-0.15, -0.1) is 0 Å². The zero-order valence-electron chi connectivity index (χ0n) is 7.83. The zero-order valence-corrected chi connectivity index (χ0v) is 13.1. The molecule has 78 valence electrons. The molecule has 7 heteroatoms. The van der Waals surface area contributed by atoms with Crippen LogP contribution in [0.3, 0.4) is 0 Å². The normalized spacial score (nSPS) is 7.00. The molecule has 0 aliphatic heterocycles. The maximum Gasteiger partial charge on any atom is 2.00 e. The zero-order chi connectivity index (χ0) is 8.81. The summed E-state index contributed by atoms with van der Waals surface area (Å²) in [5, 5.41) is 0. The van der Waals surface area contributed by atoms with E-state index in [9.17, 15) is 0 Å². The molecule has 0 aliphatic rings. The van der Waals surface area contributed by atoms with Crippen molar-refractivity contribution in [1.82, 2.24) is 0 Å². The first-order chi connectivity index (χ1) is 5.86. The van der Waals surface area contributed by atoms with E-state index in [1.165, 1.54) is 6.21 Å². The monoisotopic (exact) mass is 315 g/mol. The Morgan fingerprint density at radius 2 is 1.80 bits per heavy atom. The molecule has 0 unspecified atom stereocenters. The first-order valence-electron chi connectivity index (χ1n) is 3.48. The van der Waals surface area contributed by atoms with E-state index in [0.717, 1.165) is 11.3 Å². The summed E-state index contributed by atoms with van der Waals surface area (Å²) in [6, 6.07) is 7.53. The Labute approximate surface area is 119 Å². The summed E-state index contributed by atoms with van der Waals surface area (Å²) >= 11 is 5.37. The molecule has 0 spiro atoms. The number of benzene rings is 1. The molecule has 0 heterocycles. The Hall–Kier alpha value is -0.107. The fraction of sp³-hybridized carbons (Fsp3) is 0.125. The van der Waals surface area contributed by atoms with Crippen LogP contribution >= 0.6 is 11.8 Å². The van der Waals surface area contributed by atoms with Crippen molar-refractivity contribution in [2.24, 2.45) is 0 Å². The molecule has 0 radical (unpaired) electrons. The fourth-order valence-electron chi connectivity index (χ4n) is 0.850. The second kappa shape index (κ2) is 12.0. The van der Waals surface area contributed by atoms with E-state index in [4.69, 9.17) is 17.3 Å². The first-order valence-corrected chi connectivity index (χ1v) is 3.86. The van der Waals surface area contributed by atoms with Gasteiger partial charge in [0.05, 0.1) is 6.42 Å². The predicted molar refractivity (Wildman–Crippen MR) is 49.3 cm³/mol. The Morgan fingerprint density at radius 3 is 2.20 bits per heavy atom. The minimum atomic E-state index is 0.